The quantitative estimate of drug-likeness (QED) is 0.152. The molecule has 0 atom stereocenters. The van der Waals surface area contributed by atoms with Gasteiger partial charge in [0.25, 0.3) is 0 Å². The fourth-order valence-corrected chi connectivity index (χ4v) is 13.5. The summed E-state index contributed by atoms with van der Waals surface area (Å²) in [5.74, 6) is 0. The fourth-order valence-electron chi connectivity index (χ4n) is 13.5. The van der Waals surface area contributed by atoms with Crippen LogP contribution in [0.5, 0.6) is 0 Å². The second-order valence-electron chi connectivity index (χ2n) is 21.6. The Hall–Kier alpha value is -6.76. The van der Waals surface area contributed by atoms with E-state index in [0.29, 0.717) is 0 Å². The predicted octanol–water partition coefficient (Wildman–Crippen LogP) is 17.1. The summed E-state index contributed by atoms with van der Waals surface area (Å²) in [6.45, 7) is 19.2. The van der Waals surface area contributed by atoms with E-state index in [1.54, 1.807) is 0 Å². The van der Waals surface area contributed by atoms with Gasteiger partial charge in [0.05, 0.1) is 0 Å². The zero-order valence-corrected chi connectivity index (χ0v) is 38.0. The Morgan fingerprint density at radius 2 is 0.547 bits per heavy atom. The molecule has 0 spiro atoms. The second kappa shape index (κ2) is 11.7. The third kappa shape index (κ3) is 4.35. The lowest BCUT2D eigenvalue weighted by molar-refractivity contribution is 0.652. The number of hydrogen-bond acceptors (Lipinski definition) is 0. The molecule has 0 heteroatoms. The first-order chi connectivity index (χ1) is 30.7. The molecule has 306 valence electrons. The van der Waals surface area contributed by atoms with Crippen molar-refractivity contribution < 1.29 is 0 Å². The molecule has 0 aliphatic heterocycles. The van der Waals surface area contributed by atoms with Gasteiger partial charge in [0.1, 0.15) is 0 Å². The molecule has 0 bridgehead atoms. The van der Waals surface area contributed by atoms with Crippen LogP contribution in [0.2, 0.25) is 0 Å². The molecule has 64 heavy (non-hydrogen) atoms. The molecule has 14 rings (SSSR count). The van der Waals surface area contributed by atoms with Crippen LogP contribution in [0.1, 0.15) is 99.9 Å². The monoisotopic (exact) mass is 818 g/mol. The molecule has 0 saturated heterocycles. The van der Waals surface area contributed by atoms with Gasteiger partial charge < -0.3 is 0 Å². The molecule has 0 N–H and O–H groups in total. The highest BCUT2D eigenvalue weighted by atomic mass is 14.5. The van der Waals surface area contributed by atoms with E-state index in [1.165, 1.54) is 144 Å². The maximum atomic E-state index is 2.54. The third-order valence-corrected chi connectivity index (χ3v) is 17.0. The van der Waals surface area contributed by atoms with Crippen molar-refractivity contribution in [3.8, 4) is 66.8 Å². The number of fused-ring (bicyclic) bond motifs is 12. The minimum atomic E-state index is -0.0865. The summed E-state index contributed by atoms with van der Waals surface area (Å²) in [6.07, 6.45) is 0. The van der Waals surface area contributed by atoms with Crippen LogP contribution in [0.3, 0.4) is 0 Å². The van der Waals surface area contributed by atoms with Gasteiger partial charge in [-0.1, -0.05) is 177 Å². The Kier molecular flexibility index (Phi) is 6.69. The van der Waals surface area contributed by atoms with E-state index in [-0.39, 0.29) is 21.7 Å². The Balaban J connectivity index is 0.913. The highest BCUT2D eigenvalue weighted by molar-refractivity contribution is 6.27. The highest BCUT2D eigenvalue weighted by Gasteiger charge is 2.43. The first kappa shape index (κ1) is 36.7. The van der Waals surface area contributed by atoms with Crippen molar-refractivity contribution in [1.82, 2.24) is 0 Å². The Morgan fingerprint density at radius 3 is 0.938 bits per heavy atom. The minimum Gasteiger partial charge on any atom is -0.0619 e. The summed E-state index contributed by atoms with van der Waals surface area (Å²) in [5.41, 5.74) is 27.5. The van der Waals surface area contributed by atoms with Crippen molar-refractivity contribution in [1.29, 1.82) is 0 Å². The summed E-state index contributed by atoms with van der Waals surface area (Å²) < 4.78 is 0. The van der Waals surface area contributed by atoms with Crippen LogP contribution >= 0.6 is 0 Å². The van der Waals surface area contributed by atoms with E-state index in [4.69, 9.17) is 0 Å². The average Bonchev–Trinajstić information content (AvgIpc) is 3.86. The van der Waals surface area contributed by atoms with Crippen molar-refractivity contribution in [3.63, 3.8) is 0 Å². The molecule has 0 aromatic heterocycles. The molecular formula is C64H50. The Labute approximate surface area is 376 Å². The lowest BCUT2D eigenvalue weighted by Crippen LogP contribution is -2.16. The molecule has 0 nitrogen and oxygen atoms in total. The van der Waals surface area contributed by atoms with Crippen LogP contribution in [-0.4, -0.2) is 0 Å². The smallest absolute Gasteiger partial charge is 0.0159 e. The molecule has 10 aromatic carbocycles. The SMILES string of the molecule is CC1(C)c2ccccc2-c2cc3c(cc21)-c1cc(-c2ccc4ccc5c(-c6ccc7c(c6)-c6cc8c(cc6C7(C)C)-c6ccccc6C8(C)C)ccc6ccc2c4c65)ccc1C3(C)C. The standard InChI is InChI=1S/C64H50/c1-61(2)51-15-11-9-13-41(51)47-31-57-49(33-55(47)61)45-29-37(21-27-53(45)63(57,5)6)39-23-17-35-20-26-44-40(24-18-36-19-25-43(39)59(35)60(36)44)38-22-28-54-46(30-38)50-34-56-48(32-58(50)64(54,7)8)42-14-10-12-16-52(42)62(56,3)4/h9-34H,1-8H3. The van der Waals surface area contributed by atoms with Crippen LogP contribution < -0.4 is 0 Å². The summed E-state index contributed by atoms with van der Waals surface area (Å²) in [4.78, 5) is 0. The molecule has 0 unspecified atom stereocenters. The molecule has 4 aliphatic rings. The van der Waals surface area contributed by atoms with Crippen LogP contribution in [0.15, 0.2) is 158 Å². The van der Waals surface area contributed by atoms with Gasteiger partial charge in [-0.3, -0.25) is 0 Å². The van der Waals surface area contributed by atoms with Crippen molar-refractivity contribution >= 4 is 32.3 Å². The first-order valence-electron chi connectivity index (χ1n) is 23.3. The summed E-state index contributed by atoms with van der Waals surface area (Å²) in [6, 6.07) is 61.7. The lowest BCUT2D eigenvalue weighted by Gasteiger charge is -2.24. The van der Waals surface area contributed by atoms with Gasteiger partial charge in [0.2, 0.25) is 0 Å². The summed E-state index contributed by atoms with van der Waals surface area (Å²) in [5, 5.41) is 7.94. The topological polar surface area (TPSA) is 0 Å². The van der Waals surface area contributed by atoms with Gasteiger partial charge in [0.15, 0.2) is 0 Å². The lowest BCUT2D eigenvalue weighted by atomic mass is 9.79. The molecule has 0 fully saturated rings. The largest absolute Gasteiger partial charge is 0.0619 e. The predicted molar refractivity (Wildman–Crippen MR) is 271 cm³/mol. The van der Waals surface area contributed by atoms with Crippen molar-refractivity contribution in [2.75, 3.05) is 0 Å². The maximum Gasteiger partial charge on any atom is 0.0159 e. The van der Waals surface area contributed by atoms with Gasteiger partial charge in [-0.05, 0) is 180 Å². The van der Waals surface area contributed by atoms with Crippen LogP contribution in [0, 0.1) is 0 Å². The van der Waals surface area contributed by atoms with Crippen LogP contribution in [0.25, 0.3) is 99.1 Å². The average molecular weight is 819 g/mol. The Bertz CT molecular complexity index is 3520. The van der Waals surface area contributed by atoms with Crippen molar-refractivity contribution in [2.45, 2.75) is 77.0 Å². The summed E-state index contributed by atoms with van der Waals surface area (Å²) in [7, 11) is 0. The molecule has 0 saturated carbocycles. The summed E-state index contributed by atoms with van der Waals surface area (Å²) >= 11 is 0. The van der Waals surface area contributed by atoms with E-state index >= 15 is 0 Å². The van der Waals surface area contributed by atoms with Gasteiger partial charge in [0, 0.05) is 21.7 Å². The molecule has 10 aromatic rings. The van der Waals surface area contributed by atoms with Gasteiger partial charge in [-0.25, -0.2) is 0 Å². The number of rotatable bonds is 2. The van der Waals surface area contributed by atoms with E-state index in [1.807, 2.05) is 0 Å². The zero-order valence-electron chi connectivity index (χ0n) is 38.0. The van der Waals surface area contributed by atoms with Crippen molar-refractivity contribution in [2.24, 2.45) is 0 Å². The second-order valence-corrected chi connectivity index (χ2v) is 21.6. The van der Waals surface area contributed by atoms with E-state index in [2.05, 4.69) is 213 Å². The maximum absolute atomic E-state index is 2.54. The molecule has 4 aliphatic carbocycles. The minimum absolute atomic E-state index is 0.0400. The molecular weight excluding hydrogens is 769 g/mol. The molecule has 0 radical (unpaired) electrons. The van der Waals surface area contributed by atoms with Crippen LogP contribution in [0.4, 0.5) is 0 Å². The Morgan fingerprint density at radius 1 is 0.234 bits per heavy atom. The molecule has 0 amide bonds. The molecule has 0 heterocycles. The van der Waals surface area contributed by atoms with E-state index in [9.17, 15) is 0 Å². The van der Waals surface area contributed by atoms with Crippen LogP contribution in [-0.2, 0) is 21.7 Å². The highest BCUT2D eigenvalue weighted by Crippen LogP contribution is 2.59. The third-order valence-electron chi connectivity index (χ3n) is 17.0. The van der Waals surface area contributed by atoms with Gasteiger partial charge in [-0.15, -0.1) is 0 Å². The van der Waals surface area contributed by atoms with E-state index < -0.39 is 0 Å². The normalized spacial score (nSPS) is 16.9. The first-order valence-corrected chi connectivity index (χ1v) is 23.3. The zero-order chi connectivity index (χ0) is 43.4. The van der Waals surface area contributed by atoms with Crippen molar-refractivity contribution in [3.05, 3.63) is 202 Å². The van der Waals surface area contributed by atoms with Gasteiger partial charge >= 0.3 is 0 Å². The fraction of sp³-hybridized carbons (Fsp3) is 0.188. The number of hydrogen-bond donors (Lipinski definition) is 0. The van der Waals surface area contributed by atoms with E-state index in [0.717, 1.165) is 0 Å². The van der Waals surface area contributed by atoms with Gasteiger partial charge in [-0.2, -0.15) is 0 Å². The number of benzene rings is 10.